The maximum Gasteiger partial charge on any atom is 0.170 e. The van der Waals surface area contributed by atoms with Gasteiger partial charge in [0.15, 0.2) is 4.67 Å². The smallest absolute Gasteiger partial charge is 0.170 e. The average molecular weight is 225 g/mol. The van der Waals surface area contributed by atoms with Crippen LogP contribution in [0.5, 0.6) is 0 Å². The summed E-state index contributed by atoms with van der Waals surface area (Å²) in [6.45, 7) is 0. The average Bonchev–Trinajstić information content (AvgIpc) is 2.43. The Bertz CT molecular complexity index is 431. The lowest BCUT2D eigenvalue weighted by Crippen LogP contribution is -1.75. The van der Waals surface area contributed by atoms with Gasteiger partial charge < -0.3 is 4.42 Å². The molecule has 0 aliphatic carbocycles. The molecule has 0 N–H and O–H groups in total. The minimum atomic E-state index is 0.663. The number of rotatable bonds is 1. The second kappa shape index (κ2) is 2.75. The maximum atomic E-state index is 10.4. The Kier molecular flexibility index (Phi) is 1.73. The number of halogens is 1. The maximum absolute atomic E-state index is 10.4. The van der Waals surface area contributed by atoms with Crippen LogP contribution in [0.25, 0.3) is 11.0 Å². The molecule has 0 saturated carbocycles. The summed E-state index contributed by atoms with van der Waals surface area (Å²) in [7, 11) is 0. The van der Waals surface area contributed by atoms with Crippen LogP contribution in [0.1, 0.15) is 10.4 Å². The largest absolute Gasteiger partial charge is 0.449 e. The highest BCUT2D eigenvalue weighted by Crippen LogP contribution is 2.23. The van der Waals surface area contributed by atoms with Gasteiger partial charge in [-0.15, -0.1) is 0 Å². The Morgan fingerprint density at radius 1 is 1.33 bits per heavy atom. The summed E-state index contributed by atoms with van der Waals surface area (Å²) in [5.41, 5.74) is 1.45. The quantitative estimate of drug-likeness (QED) is 0.698. The van der Waals surface area contributed by atoms with Crippen LogP contribution in [-0.2, 0) is 0 Å². The second-order valence-electron chi connectivity index (χ2n) is 2.47. The van der Waals surface area contributed by atoms with Gasteiger partial charge in [0.25, 0.3) is 0 Å². The number of hydrogen-bond acceptors (Lipinski definition) is 2. The first-order valence-electron chi connectivity index (χ1n) is 3.44. The molecule has 0 spiro atoms. The Labute approximate surface area is 77.3 Å². The van der Waals surface area contributed by atoms with E-state index in [0.29, 0.717) is 10.2 Å². The number of carbonyl (C=O) groups excluding carboxylic acids is 1. The van der Waals surface area contributed by atoms with Crippen molar-refractivity contribution in [2.45, 2.75) is 0 Å². The summed E-state index contributed by atoms with van der Waals surface area (Å²) in [6.07, 6.45) is 0.820. The summed E-state index contributed by atoms with van der Waals surface area (Å²) in [5, 5.41) is 0.937. The highest BCUT2D eigenvalue weighted by atomic mass is 79.9. The van der Waals surface area contributed by atoms with E-state index in [0.717, 1.165) is 17.3 Å². The van der Waals surface area contributed by atoms with Gasteiger partial charge in [0, 0.05) is 10.9 Å². The van der Waals surface area contributed by atoms with E-state index in [2.05, 4.69) is 15.9 Å². The van der Waals surface area contributed by atoms with Crippen LogP contribution >= 0.6 is 15.9 Å². The standard InChI is InChI=1S/C9H5BrO2/c10-9-4-7-3-6(5-11)1-2-8(7)12-9/h1-5H. The topological polar surface area (TPSA) is 30.2 Å². The molecule has 0 radical (unpaired) electrons. The molecule has 0 amide bonds. The summed E-state index contributed by atoms with van der Waals surface area (Å²) >= 11 is 3.22. The van der Waals surface area contributed by atoms with E-state index in [1.54, 1.807) is 18.2 Å². The third-order valence-corrected chi connectivity index (χ3v) is 2.04. The van der Waals surface area contributed by atoms with Gasteiger partial charge in [-0.3, -0.25) is 4.79 Å². The van der Waals surface area contributed by atoms with Crippen molar-refractivity contribution in [3.8, 4) is 0 Å². The fourth-order valence-corrected chi connectivity index (χ4v) is 1.52. The molecule has 0 unspecified atom stereocenters. The molecule has 2 aromatic rings. The predicted octanol–water partition coefficient (Wildman–Crippen LogP) is 3.01. The van der Waals surface area contributed by atoms with Gasteiger partial charge in [-0.2, -0.15) is 0 Å². The zero-order valence-electron chi connectivity index (χ0n) is 6.08. The molecule has 0 aliphatic heterocycles. The number of hydrogen-bond donors (Lipinski definition) is 0. The van der Waals surface area contributed by atoms with E-state index >= 15 is 0 Å². The Balaban J connectivity index is 2.74. The third kappa shape index (κ3) is 1.16. The monoisotopic (exact) mass is 224 g/mol. The molecule has 0 saturated heterocycles. The summed E-state index contributed by atoms with van der Waals surface area (Å²) in [5.74, 6) is 0. The van der Waals surface area contributed by atoms with Gasteiger partial charge >= 0.3 is 0 Å². The van der Waals surface area contributed by atoms with Crippen LogP contribution < -0.4 is 0 Å². The molecule has 2 nitrogen and oxygen atoms in total. The van der Waals surface area contributed by atoms with Crippen molar-refractivity contribution in [1.82, 2.24) is 0 Å². The number of aldehydes is 1. The molecule has 12 heavy (non-hydrogen) atoms. The second-order valence-corrected chi connectivity index (χ2v) is 3.25. The van der Waals surface area contributed by atoms with Crippen molar-refractivity contribution in [1.29, 1.82) is 0 Å². The molecule has 1 aromatic carbocycles. The first-order chi connectivity index (χ1) is 5.79. The van der Waals surface area contributed by atoms with Crippen molar-refractivity contribution < 1.29 is 9.21 Å². The number of carbonyl (C=O) groups is 1. The summed E-state index contributed by atoms with van der Waals surface area (Å²) in [6, 6.07) is 7.13. The third-order valence-electron chi connectivity index (χ3n) is 1.65. The molecule has 0 fully saturated rings. The molecule has 0 atom stereocenters. The highest BCUT2D eigenvalue weighted by Gasteiger charge is 2.00. The van der Waals surface area contributed by atoms with Crippen LogP contribution in [0.3, 0.4) is 0 Å². The molecule has 0 aliphatic rings. The van der Waals surface area contributed by atoms with Gasteiger partial charge in [0.1, 0.15) is 11.9 Å². The number of fused-ring (bicyclic) bond motifs is 1. The number of benzene rings is 1. The Morgan fingerprint density at radius 2 is 2.17 bits per heavy atom. The molecule has 2 rings (SSSR count). The van der Waals surface area contributed by atoms with Crippen LogP contribution in [0.2, 0.25) is 0 Å². The molecule has 3 heteroatoms. The van der Waals surface area contributed by atoms with Gasteiger partial charge in [-0.25, -0.2) is 0 Å². The van der Waals surface area contributed by atoms with Gasteiger partial charge in [0.05, 0.1) is 0 Å². The number of furan rings is 1. The van der Waals surface area contributed by atoms with Crippen molar-refractivity contribution in [3.63, 3.8) is 0 Å². The van der Waals surface area contributed by atoms with E-state index in [9.17, 15) is 4.79 Å². The first-order valence-corrected chi connectivity index (χ1v) is 4.23. The van der Waals surface area contributed by atoms with E-state index in [-0.39, 0.29) is 0 Å². The highest BCUT2D eigenvalue weighted by molar-refractivity contribution is 9.10. The normalized spacial score (nSPS) is 10.4. The van der Waals surface area contributed by atoms with Crippen molar-refractivity contribution >= 4 is 33.2 Å². The zero-order valence-corrected chi connectivity index (χ0v) is 7.67. The SMILES string of the molecule is O=Cc1ccc2oc(Br)cc2c1. The summed E-state index contributed by atoms with van der Waals surface area (Å²) < 4.78 is 5.95. The summed E-state index contributed by atoms with van der Waals surface area (Å²) in [4.78, 5) is 10.4. The molecule has 1 aromatic heterocycles. The van der Waals surface area contributed by atoms with Gasteiger partial charge in [-0.05, 0) is 40.2 Å². The van der Waals surface area contributed by atoms with Crippen LogP contribution in [0, 0.1) is 0 Å². The van der Waals surface area contributed by atoms with Gasteiger partial charge in [0.2, 0.25) is 0 Å². The fourth-order valence-electron chi connectivity index (χ4n) is 1.10. The zero-order chi connectivity index (χ0) is 8.55. The fraction of sp³-hybridized carbons (Fsp3) is 0. The van der Waals surface area contributed by atoms with Crippen LogP contribution in [0.4, 0.5) is 0 Å². The molecule has 60 valence electrons. The van der Waals surface area contributed by atoms with Gasteiger partial charge in [-0.1, -0.05) is 0 Å². The van der Waals surface area contributed by atoms with Crippen molar-refractivity contribution in [3.05, 3.63) is 34.5 Å². The van der Waals surface area contributed by atoms with Crippen molar-refractivity contribution in [2.75, 3.05) is 0 Å². The molecule has 0 bridgehead atoms. The van der Waals surface area contributed by atoms with E-state index < -0.39 is 0 Å². The minimum Gasteiger partial charge on any atom is -0.449 e. The predicted molar refractivity (Wildman–Crippen MR) is 49.3 cm³/mol. The lowest BCUT2D eigenvalue weighted by atomic mass is 10.2. The lowest BCUT2D eigenvalue weighted by molar-refractivity contribution is 0.112. The van der Waals surface area contributed by atoms with Crippen LogP contribution in [0.15, 0.2) is 33.4 Å². The Hall–Kier alpha value is -1.09. The van der Waals surface area contributed by atoms with E-state index in [1.165, 1.54) is 0 Å². The molecular formula is C9H5BrO2. The Morgan fingerprint density at radius 3 is 2.92 bits per heavy atom. The first kappa shape index (κ1) is 7.55. The van der Waals surface area contributed by atoms with E-state index in [1.807, 2.05) is 6.07 Å². The van der Waals surface area contributed by atoms with E-state index in [4.69, 9.17) is 4.42 Å². The van der Waals surface area contributed by atoms with Crippen LogP contribution in [-0.4, -0.2) is 6.29 Å². The molecular weight excluding hydrogens is 220 g/mol. The lowest BCUT2D eigenvalue weighted by Gasteiger charge is -1.88. The molecule has 1 heterocycles. The van der Waals surface area contributed by atoms with Crippen molar-refractivity contribution in [2.24, 2.45) is 0 Å². The minimum absolute atomic E-state index is 0.663.